The normalized spacial score (nSPS) is 11.5. The van der Waals surface area contributed by atoms with Gasteiger partial charge in [0.15, 0.2) is 0 Å². The van der Waals surface area contributed by atoms with Gasteiger partial charge in [0.1, 0.15) is 11.6 Å². The van der Waals surface area contributed by atoms with Gasteiger partial charge in [-0.25, -0.2) is 8.78 Å². The van der Waals surface area contributed by atoms with Crippen LogP contribution in [0.1, 0.15) is 11.1 Å². The average molecular weight is 366 g/mol. The molecule has 0 atom stereocenters. The van der Waals surface area contributed by atoms with E-state index in [1.54, 1.807) is 0 Å². The molecule has 1 N–H and O–H groups in total. The first-order valence-corrected chi connectivity index (χ1v) is 6.61. The number of hydrogen-bond acceptors (Lipinski definition) is 1. The van der Waals surface area contributed by atoms with E-state index >= 15 is 0 Å². The zero-order chi connectivity index (χ0) is 15.6. The van der Waals surface area contributed by atoms with Crippen LogP contribution >= 0.6 is 15.9 Å². The fraction of sp³-hybridized carbons (Fsp3) is 0.143. The van der Waals surface area contributed by atoms with E-state index in [0.717, 1.165) is 18.2 Å². The van der Waals surface area contributed by atoms with Gasteiger partial charge in [-0.2, -0.15) is 13.2 Å². The van der Waals surface area contributed by atoms with Crippen LogP contribution in [-0.4, -0.2) is 0 Å². The highest BCUT2D eigenvalue weighted by Crippen LogP contribution is 2.36. The lowest BCUT2D eigenvalue weighted by Crippen LogP contribution is -2.08. The van der Waals surface area contributed by atoms with Crippen LogP contribution in [0.15, 0.2) is 40.9 Å². The number of halogens is 6. The van der Waals surface area contributed by atoms with Gasteiger partial charge < -0.3 is 5.32 Å². The van der Waals surface area contributed by atoms with Crippen LogP contribution in [0, 0.1) is 11.6 Å². The standard InChI is InChI=1S/C14H9BrF5N/c15-12-4-3-10(6-11(12)14(18,19)20)21-7-8-1-2-9(16)5-13(8)17/h1-6,21H,7H2. The molecule has 0 radical (unpaired) electrons. The van der Waals surface area contributed by atoms with Gasteiger partial charge in [0.05, 0.1) is 5.56 Å². The molecule has 0 bridgehead atoms. The fourth-order valence-corrected chi connectivity index (χ4v) is 2.19. The fourth-order valence-electron chi connectivity index (χ4n) is 1.71. The minimum absolute atomic E-state index is 0.0506. The van der Waals surface area contributed by atoms with Crippen molar-refractivity contribution < 1.29 is 22.0 Å². The second kappa shape index (κ2) is 6.01. The minimum Gasteiger partial charge on any atom is -0.381 e. The third-order valence-corrected chi connectivity index (χ3v) is 3.46. The second-order valence-corrected chi connectivity index (χ2v) is 5.14. The van der Waals surface area contributed by atoms with Crippen LogP contribution < -0.4 is 5.32 Å². The summed E-state index contributed by atoms with van der Waals surface area (Å²) in [4.78, 5) is 0. The molecule has 0 aliphatic heterocycles. The molecule has 0 aromatic heterocycles. The Labute approximate surface area is 125 Å². The highest BCUT2D eigenvalue weighted by molar-refractivity contribution is 9.10. The van der Waals surface area contributed by atoms with Gasteiger partial charge in [-0.05, 0) is 24.3 Å². The Bertz CT molecular complexity index is 654. The van der Waals surface area contributed by atoms with Crippen molar-refractivity contribution in [2.75, 3.05) is 5.32 Å². The molecule has 0 unspecified atom stereocenters. The van der Waals surface area contributed by atoms with Crippen molar-refractivity contribution in [2.24, 2.45) is 0 Å². The van der Waals surface area contributed by atoms with Gasteiger partial charge in [-0.1, -0.05) is 22.0 Å². The van der Waals surface area contributed by atoms with E-state index in [1.807, 2.05) is 0 Å². The van der Waals surface area contributed by atoms with E-state index < -0.39 is 23.4 Å². The molecule has 112 valence electrons. The maximum absolute atomic E-state index is 13.4. The van der Waals surface area contributed by atoms with Crippen molar-refractivity contribution in [3.8, 4) is 0 Å². The monoisotopic (exact) mass is 365 g/mol. The van der Waals surface area contributed by atoms with Crippen LogP contribution in [0.3, 0.4) is 0 Å². The van der Waals surface area contributed by atoms with Crippen LogP contribution in [0.2, 0.25) is 0 Å². The molecular weight excluding hydrogens is 357 g/mol. The Morgan fingerprint density at radius 2 is 1.71 bits per heavy atom. The smallest absolute Gasteiger partial charge is 0.381 e. The van der Waals surface area contributed by atoms with Gasteiger partial charge in [-0.15, -0.1) is 0 Å². The van der Waals surface area contributed by atoms with Gasteiger partial charge in [0.25, 0.3) is 0 Å². The highest BCUT2D eigenvalue weighted by Gasteiger charge is 2.33. The lowest BCUT2D eigenvalue weighted by Gasteiger charge is -2.13. The maximum Gasteiger partial charge on any atom is 0.417 e. The van der Waals surface area contributed by atoms with E-state index in [1.165, 1.54) is 18.2 Å². The SMILES string of the molecule is Fc1ccc(CNc2ccc(Br)c(C(F)(F)F)c2)c(F)c1. The van der Waals surface area contributed by atoms with E-state index in [2.05, 4.69) is 21.2 Å². The van der Waals surface area contributed by atoms with E-state index in [0.29, 0.717) is 0 Å². The molecule has 0 saturated carbocycles. The van der Waals surface area contributed by atoms with Crippen molar-refractivity contribution in [2.45, 2.75) is 12.7 Å². The van der Waals surface area contributed by atoms with E-state index in [-0.39, 0.29) is 22.3 Å². The summed E-state index contributed by atoms with van der Waals surface area (Å²) < 4.78 is 64.3. The zero-order valence-corrected chi connectivity index (χ0v) is 12.0. The molecular formula is C14H9BrF5N. The Hall–Kier alpha value is -1.63. The molecule has 21 heavy (non-hydrogen) atoms. The first kappa shape index (κ1) is 15.8. The summed E-state index contributed by atoms with van der Waals surface area (Å²) in [7, 11) is 0. The molecule has 0 heterocycles. The third-order valence-electron chi connectivity index (χ3n) is 2.77. The predicted octanol–water partition coefficient (Wildman–Crippen LogP) is 5.36. The molecule has 7 heteroatoms. The van der Waals surface area contributed by atoms with Crippen LogP contribution in [-0.2, 0) is 12.7 Å². The molecule has 2 aromatic carbocycles. The quantitative estimate of drug-likeness (QED) is 0.722. The zero-order valence-electron chi connectivity index (χ0n) is 10.4. The number of benzene rings is 2. The molecule has 1 nitrogen and oxygen atoms in total. The van der Waals surface area contributed by atoms with Crippen molar-refractivity contribution in [1.29, 1.82) is 0 Å². The number of anilines is 1. The molecule has 0 aliphatic carbocycles. The van der Waals surface area contributed by atoms with Gasteiger partial charge in [0.2, 0.25) is 0 Å². The summed E-state index contributed by atoms with van der Waals surface area (Å²) in [6.45, 7) is -0.0506. The Balaban J connectivity index is 2.17. The average Bonchev–Trinajstić information content (AvgIpc) is 2.38. The van der Waals surface area contributed by atoms with Crippen LogP contribution in [0.25, 0.3) is 0 Å². The Morgan fingerprint density at radius 1 is 1.00 bits per heavy atom. The first-order chi connectivity index (χ1) is 9.77. The Kier molecular flexibility index (Phi) is 4.51. The summed E-state index contributed by atoms with van der Waals surface area (Å²) in [5, 5.41) is 2.68. The third kappa shape index (κ3) is 3.93. The summed E-state index contributed by atoms with van der Waals surface area (Å²) in [5.74, 6) is -1.46. The summed E-state index contributed by atoms with van der Waals surface area (Å²) in [6, 6.07) is 6.65. The van der Waals surface area contributed by atoms with Crippen LogP contribution in [0.5, 0.6) is 0 Å². The lowest BCUT2D eigenvalue weighted by molar-refractivity contribution is -0.138. The summed E-state index contributed by atoms with van der Waals surface area (Å²) in [6.07, 6.45) is -4.49. The van der Waals surface area contributed by atoms with Gasteiger partial charge >= 0.3 is 6.18 Å². The molecule has 0 fully saturated rings. The molecule has 0 saturated heterocycles. The van der Waals surface area contributed by atoms with E-state index in [9.17, 15) is 22.0 Å². The number of rotatable bonds is 3. The van der Waals surface area contributed by atoms with Gasteiger partial charge in [0, 0.05) is 28.3 Å². The van der Waals surface area contributed by atoms with Crippen molar-refractivity contribution in [3.05, 3.63) is 63.6 Å². The van der Waals surface area contributed by atoms with E-state index in [4.69, 9.17) is 0 Å². The van der Waals surface area contributed by atoms with Crippen molar-refractivity contribution in [1.82, 2.24) is 0 Å². The first-order valence-electron chi connectivity index (χ1n) is 5.82. The highest BCUT2D eigenvalue weighted by atomic mass is 79.9. The maximum atomic E-state index is 13.4. The van der Waals surface area contributed by atoms with Crippen molar-refractivity contribution >= 4 is 21.6 Å². The lowest BCUT2D eigenvalue weighted by atomic mass is 10.1. The largest absolute Gasteiger partial charge is 0.417 e. The molecule has 0 aliphatic rings. The second-order valence-electron chi connectivity index (χ2n) is 4.28. The van der Waals surface area contributed by atoms with Crippen molar-refractivity contribution in [3.63, 3.8) is 0 Å². The Morgan fingerprint density at radius 3 is 2.33 bits per heavy atom. The summed E-state index contributed by atoms with van der Waals surface area (Å²) >= 11 is 2.83. The molecule has 0 amide bonds. The predicted molar refractivity (Wildman–Crippen MR) is 72.8 cm³/mol. The van der Waals surface area contributed by atoms with Gasteiger partial charge in [-0.3, -0.25) is 0 Å². The molecule has 2 rings (SSSR count). The van der Waals surface area contributed by atoms with Crippen LogP contribution in [0.4, 0.5) is 27.6 Å². The number of hydrogen-bond donors (Lipinski definition) is 1. The topological polar surface area (TPSA) is 12.0 Å². The minimum atomic E-state index is -4.49. The number of nitrogens with one attached hydrogen (secondary N) is 1. The number of alkyl halides is 3. The molecule has 2 aromatic rings. The summed E-state index contributed by atoms with van der Waals surface area (Å²) in [5.41, 5.74) is -0.478. The molecule has 0 spiro atoms.